The number of nitrogens with zero attached hydrogens (tertiary/aromatic N) is 1. The van der Waals surface area contributed by atoms with Gasteiger partial charge in [0.05, 0.1) is 11.2 Å². The molecular weight excluding hydrogens is 298 g/mol. The average molecular weight is 323 g/mol. The van der Waals surface area contributed by atoms with Crippen molar-refractivity contribution >= 4 is 17.2 Å². The van der Waals surface area contributed by atoms with E-state index in [1.54, 1.807) is 18.4 Å². The molecule has 1 atom stereocenters. The van der Waals surface area contributed by atoms with Crippen molar-refractivity contribution < 1.29 is 14.3 Å². The summed E-state index contributed by atoms with van der Waals surface area (Å²) in [6.45, 7) is 3.31. The monoisotopic (exact) mass is 323 g/mol. The molecule has 2 fully saturated rings. The zero-order valence-corrected chi connectivity index (χ0v) is 14.1. The number of hydrogen-bond acceptors (Lipinski definition) is 4. The Kier molecular flexibility index (Phi) is 5.16. The zero-order valence-electron chi connectivity index (χ0n) is 13.3. The molecule has 0 saturated carbocycles. The molecule has 1 unspecified atom stereocenters. The van der Waals surface area contributed by atoms with E-state index >= 15 is 0 Å². The summed E-state index contributed by atoms with van der Waals surface area (Å²) in [6.07, 6.45) is 5.32. The van der Waals surface area contributed by atoms with E-state index in [0.29, 0.717) is 5.92 Å². The molecule has 1 aromatic rings. The van der Waals surface area contributed by atoms with Crippen molar-refractivity contribution in [2.24, 2.45) is 5.92 Å². The molecule has 3 rings (SSSR count). The lowest BCUT2D eigenvalue weighted by Crippen LogP contribution is -2.50. The molecule has 0 aliphatic carbocycles. The van der Waals surface area contributed by atoms with Gasteiger partial charge >= 0.3 is 0 Å². The van der Waals surface area contributed by atoms with Gasteiger partial charge in [-0.3, -0.25) is 4.79 Å². The van der Waals surface area contributed by atoms with Crippen LogP contribution in [0.5, 0.6) is 0 Å². The number of carbonyl (C=O) groups excluding carboxylic acids is 1. The molecule has 2 aliphatic rings. The Labute approximate surface area is 136 Å². The Morgan fingerprint density at radius 1 is 1.50 bits per heavy atom. The van der Waals surface area contributed by atoms with E-state index in [9.17, 15) is 4.79 Å². The number of methoxy groups -OCH3 is 1. The number of thiophene rings is 1. The van der Waals surface area contributed by atoms with Crippen molar-refractivity contribution in [3.8, 4) is 0 Å². The van der Waals surface area contributed by atoms with Gasteiger partial charge in [0.15, 0.2) is 0 Å². The second-order valence-electron chi connectivity index (χ2n) is 6.48. The maximum absolute atomic E-state index is 12.4. The van der Waals surface area contributed by atoms with Gasteiger partial charge in [0.1, 0.15) is 0 Å². The van der Waals surface area contributed by atoms with Gasteiger partial charge in [-0.05, 0) is 49.5 Å². The van der Waals surface area contributed by atoms with Gasteiger partial charge in [0.25, 0.3) is 5.91 Å². The summed E-state index contributed by atoms with van der Waals surface area (Å²) in [7, 11) is 1.77. The zero-order chi connectivity index (χ0) is 15.4. The first-order valence-corrected chi connectivity index (χ1v) is 9.11. The van der Waals surface area contributed by atoms with Gasteiger partial charge in [0, 0.05) is 38.8 Å². The van der Waals surface area contributed by atoms with Crippen molar-refractivity contribution in [3.05, 3.63) is 22.4 Å². The molecule has 0 aromatic carbocycles. The van der Waals surface area contributed by atoms with Crippen LogP contribution in [0.2, 0.25) is 0 Å². The van der Waals surface area contributed by atoms with Gasteiger partial charge in [-0.2, -0.15) is 11.3 Å². The minimum Gasteiger partial charge on any atom is -0.385 e. The second-order valence-corrected chi connectivity index (χ2v) is 7.26. The van der Waals surface area contributed by atoms with Gasteiger partial charge in [-0.25, -0.2) is 0 Å². The van der Waals surface area contributed by atoms with Gasteiger partial charge < -0.3 is 14.4 Å². The second kappa shape index (κ2) is 7.11. The molecule has 1 spiro atoms. The maximum atomic E-state index is 12.4. The highest BCUT2D eigenvalue weighted by atomic mass is 32.1. The number of hydrogen-bond donors (Lipinski definition) is 0. The first kappa shape index (κ1) is 16.0. The summed E-state index contributed by atoms with van der Waals surface area (Å²) in [5, 5.41) is 3.90. The first-order valence-electron chi connectivity index (χ1n) is 8.17. The van der Waals surface area contributed by atoms with Crippen LogP contribution in [0, 0.1) is 5.92 Å². The number of rotatable bonds is 4. The summed E-state index contributed by atoms with van der Waals surface area (Å²) in [5.74, 6) is 0.871. The van der Waals surface area contributed by atoms with Crippen molar-refractivity contribution in [1.29, 1.82) is 0 Å². The minimum absolute atomic E-state index is 0.00207. The highest BCUT2D eigenvalue weighted by Crippen LogP contribution is 2.39. The molecule has 2 aliphatic heterocycles. The van der Waals surface area contributed by atoms with Crippen LogP contribution in [0.25, 0.3) is 0 Å². The number of likely N-dealkylation sites (tertiary alicyclic amines) is 1. The Bertz CT molecular complexity index is 480. The van der Waals surface area contributed by atoms with E-state index in [1.165, 1.54) is 0 Å². The SMILES string of the molecule is COCCC1CCOC2(CCN(C(=O)c3ccsc3)CC2)C1. The third-order valence-electron chi connectivity index (χ3n) is 5.06. The van der Waals surface area contributed by atoms with Crippen LogP contribution >= 0.6 is 11.3 Å². The fraction of sp³-hybridized carbons (Fsp3) is 0.706. The molecule has 5 heteroatoms. The molecule has 2 saturated heterocycles. The normalized spacial score (nSPS) is 24.6. The van der Waals surface area contributed by atoms with Crippen molar-refractivity contribution in [1.82, 2.24) is 4.90 Å². The lowest BCUT2D eigenvalue weighted by atomic mass is 9.78. The minimum atomic E-state index is 0.00207. The molecule has 0 bridgehead atoms. The topological polar surface area (TPSA) is 38.8 Å². The molecule has 4 nitrogen and oxygen atoms in total. The van der Waals surface area contributed by atoms with Crippen LogP contribution in [0.15, 0.2) is 16.8 Å². The first-order chi connectivity index (χ1) is 10.7. The molecule has 3 heterocycles. The summed E-state index contributed by atoms with van der Waals surface area (Å²) in [4.78, 5) is 14.4. The fourth-order valence-corrected chi connectivity index (χ4v) is 4.32. The van der Waals surface area contributed by atoms with E-state index < -0.39 is 0 Å². The van der Waals surface area contributed by atoms with Gasteiger partial charge in [0.2, 0.25) is 0 Å². The molecule has 0 radical (unpaired) electrons. The average Bonchev–Trinajstić information content (AvgIpc) is 3.08. The fourth-order valence-electron chi connectivity index (χ4n) is 3.69. The van der Waals surface area contributed by atoms with Crippen LogP contribution in [0.3, 0.4) is 0 Å². The number of amides is 1. The van der Waals surface area contributed by atoms with E-state index in [-0.39, 0.29) is 11.5 Å². The van der Waals surface area contributed by atoms with Crippen molar-refractivity contribution in [3.63, 3.8) is 0 Å². The number of ether oxygens (including phenoxy) is 2. The number of piperidine rings is 1. The third kappa shape index (κ3) is 3.53. The highest BCUT2D eigenvalue weighted by molar-refractivity contribution is 7.08. The van der Waals surface area contributed by atoms with Crippen LogP contribution in [-0.2, 0) is 9.47 Å². The third-order valence-corrected chi connectivity index (χ3v) is 5.74. The molecule has 1 amide bonds. The van der Waals surface area contributed by atoms with E-state index in [0.717, 1.165) is 64.0 Å². The van der Waals surface area contributed by atoms with E-state index in [1.807, 2.05) is 21.7 Å². The lowest BCUT2D eigenvalue weighted by molar-refractivity contribution is -0.125. The van der Waals surface area contributed by atoms with E-state index in [4.69, 9.17) is 9.47 Å². The summed E-state index contributed by atoms with van der Waals surface area (Å²) in [6, 6.07) is 1.91. The largest absolute Gasteiger partial charge is 0.385 e. The molecule has 1 aromatic heterocycles. The van der Waals surface area contributed by atoms with Gasteiger partial charge in [-0.1, -0.05) is 0 Å². The summed E-state index contributed by atoms with van der Waals surface area (Å²) < 4.78 is 11.4. The summed E-state index contributed by atoms with van der Waals surface area (Å²) >= 11 is 1.58. The standard InChI is InChI=1S/C17H25NO3S/c1-20-9-2-14-3-10-21-17(12-14)5-7-18(8-6-17)16(19)15-4-11-22-13-15/h4,11,13-14H,2-3,5-10,12H2,1H3. The predicted octanol–water partition coefficient (Wildman–Crippen LogP) is 3.19. The highest BCUT2D eigenvalue weighted by Gasteiger charge is 2.41. The quantitative estimate of drug-likeness (QED) is 0.854. The molecule has 122 valence electrons. The van der Waals surface area contributed by atoms with Crippen LogP contribution < -0.4 is 0 Å². The lowest BCUT2D eigenvalue weighted by Gasteiger charge is -2.46. The Hall–Kier alpha value is -0.910. The summed E-state index contributed by atoms with van der Waals surface area (Å²) in [5.41, 5.74) is 0.825. The molecule has 22 heavy (non-hydrogen) atoms. The Balaban J connectivity index is 1.55. The van der Waals surface area contributed by atoms with E-state index in [2.05, 4.69) is 0 Å². The maximum Gasteiger partial charge on any atom is 0.254 e. The molecule has 0 N–H and O–H groups in total. The predicted molar refractivity (Wildman–Crippen MR) is 87.4 cm³/mol. The van der Waals surface area contributed by atoms with Crippen molar-refractivity contribution in [2.45, 2.75) is 37.7 Å². The smallest absolute Gasteiger partial charge is 0.254 e. The Morgan fingerprint density at radius 3 is 3.00 bits per heavy atom. The van der Waals surface area contributed by atoms with Crippen LogP contribution in [-0.4, -0.2) is 49.8 Å². The number of carbonyl (C=O) groups is 1. The van der Waals surface area contributed by atoms with Crippen molar-refractivity contribution in [2.75, 3.05) is 33.4 Å². The van der Waals surface area contributed by atoms with Gasteiger partial charge in [-0.15, -0.1) is 0 Å². The van der Waals surface area contributed by atoms with Crippen LogP contribution in [0.1, 0.15) is 42.5 Å². The Morgan fingerprint density at radius 2 is 2.32 bits per heavy atom. The molecular formula is C17H25NO3S. The van der Waals surface area contributed by atoms with Crippen LogP contribution in [0.4, 0.5) is 0 Å².